The first kappa shape index (κ1) is 16.6. The Bertz CT molecular complexity index is 535. The van der Waals surface area contributed by atoms with Gasteiger partial charge in [-0.25, -0.2) is 0 Å². The van der Waals surface area contributed by atoms with Crippen LogP contribution in [0.1, 0.15) is 32.3 Å². The van der Waals surface area contributed by atoms with Gasteiger partial charge in [-0.15, -0.1) is 0 Å². The van der Waals surface area contributed by atoms with Crippen molar-refractivity contribution in [3.05, 3.63) is 35.9 Å². The fourth-order valence-electron chi connectivity index (χ4n) is 2.85. The van der Waals surface area contributed by atoms with E-state index in [1.165, 1.54) is 0 Å². The number of carbonyl (C=O) groups is 1. The lowest BCUT2D eigenvalue weighted by Gasteiger charge is -2.34. The second-order valence-corrected chi connectivity index (χ2v) is 6.10. The van der Waals surface area contributed by atoms with Gasteiger partial charge in [0, 0.05) is 25.2 Å². The average Bonchev–Trinajstić information content (AvgIpc) is 2.54. The zero-order valence-electron chi connectivity index (χ0n) is 13.7. The number of nitrogens with zero attached hydrogens (tertiary/aromatic N) is 1. The maximum Gasteiger partial charge on any atom is 0.246 e. The van der Waals surface area contributed by atoms with E-state index in [2.05, 4.69) is 0 Å². The lowest BCUT2D eigenvalue weighted by Crippen LogP contribution is -2.44. The maximum atomic E-state index is 12.5. The molecule has 1 aliphatic rings. The maximum absolute atomic E-state index is 12.5. The van der Waals surface area contributed by atoms with Crippen LogP contribution < -0.4 is 10.5 Å². The van der Waals surface area contributed by atoms with Crippen molar-refractivity contribution in [3.63, 3.8) is 0 Å². The number of hydrogen-bond donors (Lipinski definition) is 1. The second-order valence-electron chi connectivity index (χ2n) is 6.10. The van der Waals surface area contributed by atoms with Crippen LogP contribution in [-0.2, 0) is 4.79 Å². The van der Waals surface area contributed by atoms with Gasteiger partial charge in [-0.3, -0.25) is 4.79 Å². The highest BCUT2D eigenvalue weighted by Crippen LogP contribution is 2.21. The van der Waals surface area contributed by atoms with E-state index in [9.17, 15) is 4.79 Å². The summed E-state index contributed by atoms with van der Waals surface area (Å²) in [5, 5.41) is 0. The van der Waals surface area contributed by atoms with Gasteiger partial charge in [0.2, 0.25) is 5.91 Å². The lowest BCUT2D eigenvalue weighted by molar-refractivity contribution is -0.127. The number of likely N-dealkylation sites (tertiary alicyclic amines) is 1. The number of ether oxygens (including phenoxy) is 1. The van der Waals surface area contributed by atoms with Gasteiger partial charge in [0.1, 0.15) is 5.75 Å². The minimum atomic E-state index is 0.0821. The third kappa shape index (κ3) is 4.10. The largest absolute Gasteiger partial charge is 0.497 e. The third-order valence-electron chi connectivity index (χ3n) is 4.40. The first-order valence-electron chi connectivity index (χ1n) is 7.88. The van der Waals surface area contributed by atoms with Crippen LogP contribution >= 0.6 is 0 Å². The quantitative estimate of drug-likeness (QED) is 0.870. The number of rotatable bonds is 4. The summed E-state index contributed by atoms with van der Waals surface area (Å²) in [6.07, 6.45) is 3.88. The molecule has 2 rings (SSSR count). The van der Waals surface area contributed by atoms with Crippen LogP contribution in [0.4, 0.5) is 0 Å². The van der Waals surface area contributed by atoms with Crippen molar-refractivity contribution in [2.75, 3.05) is 20.2 Å². The number of methoxy groups -OCH3 is 1. The molecule has 22 heavy (non-hydrogen) atoms. The number of piperidine rings is 1. The van der Waals surface area contributed by atoms with E-state index in [-0.39, 0.29) is 11.9 Å². The Hall–Kier alpha value is -1.81. The minimum absolute atomic E-state index is 0.0821. The molecule has 120 valence electrons. The molecule has 1 saturated heterocycles. The summed E-state index contributed by atoms with van der Waals surface area (Å²) in [7, 11) is 1.65. The minimum Gasteiger partial charge on any atom is -0.497 e. The average molecular weight is 302 g/mol. The molecular formula is C18H26N2O2. The summed E-state index contributed by atoms with van der Waals surface area (Å²) < 4.78 is 5.15. The molecule has 0 saturated carbocycles. The Morgan fingerprint density at radius 3 is 2.68 bits per heavy atom. The molecule has 1 aliphatic heterocycles. The van der Waals surface area contributed by atoms with E-state index in [1.807, 2.05) is 43.0 Å². The molecule has 0 spiro atoms. The highest BCUT2D eigenvalue weighted by Gasteiger charge is 2.24. The van der Waals surface area contributed by atoms with Gasteiger partial charge in [-0.05, 0) is 55.9 Å². The molecule has 1 fully saturated rings. The van der Waals surface area contributed by atoms with E-state index in [0.717, 1.165) is 42.8 Å². The number of nitrogens with two attached hydrogens (primary N) is 1. The normalized spacial score (nSPS) is 20.6. The zero-order valence-corrected chi connectivity index (χ0v) is 13.7. The Kier molecular flexibility index (Phi) is 5.61. The summed E-state index contributed by atoms with van der Waals surface area (Å²) in [6, 6.07) is 7.90. The first-order chi connectivity index (χ1) is 10.5. The van der Waals surface area contributed by atoms with Gasteiger partial charge in [-0.1, -0.05) is 12.1 Å². The van der Waals surface area contributed by atoms with Crippen molar-refractivity contribution in [1.82, 2.24) is 4.90 Å². The molecule has 0 aromatic heterocycles. The molecule has 1 heterocycles. The Labute approximate surface area is 132 Å². The molecule has 1 amide bonds. The Balaban J connectivity index is 2.05. The number of amides is 1. The van der Waals surface area contributed by atoms with Crippen LogP contribution in [0.15, 0.2) is 30.3 Å². The van der Waals surface area contributed by atoms with Crippen molar-refractivity contribution in [2.24, 2.45) is 11.7 Å². The smallest absolute Gasteiger partial charge is 0.246 e. The van der Waals surface area contributed by atoms with Crippen LogP contribution in [-0.4, -0.2) is 37.0 Å². The Morgan fingerprint density at radius 2 is 2.09 bits per heavy atom. The van der Waals surface area contributed by atoms with E-state index < -0.39 is 0 Å². The predicted molar refractivity (Wildman–Crippen MR) is 89.6 cm³/mol. The van der Waals surface area contributed by atoms with Crippen molar-refractivity contribution >= 4 is 11.5 Å². The van der Waals surface area contributed by atoms with Crippen LogP contribution in [0.25, 0.3) is 5.57 Å². The fraction of sp³-hybridized carbons (Fsp3) is 0.500. The number of allylic oxidation sites excluding steroid dienone is 1. The molecule has 0 radical (unpaired) electrons. The van der Waals surface area contributed by atoms with Crippen molar-refractivity contribution in [3.8, 4) is 5.75 Å². The van der Waals surface area contributed by atoms with Crippen LogP contribution in [0, 0.1) is 5.92 Å². The zero-order chi connectivity index (χ0) is 16.1. The molecule has 1 aromatic carbocycles. The predicted octanol–water partition coefficient (Wildman–Crippen LogP) is 2.68. The monoisotopic (exact) mass is 302 g/mol. The summed E-state index contributed by atoms with van der Waals surface area (Å²) in [5.41, 5.74) is 7.99. The standard InChI is InChI=1S/C18H26N2O2/c1-13(15-6-8-17(22-3)9-7-15)11-18(21)20-10-4-5-16(12-20)14(2)19/h6-9,11,14,16H,4-5,10,12,19H2,1-3H3/b13-11+. The summed E-state index contributed by atoms with van der Waals surface area (Å²) in [6.45, 7) is 5.58. The first-order valence-corrected chi connectivity index (χ1v) is 7.88. The topological polar surface area (TPSA) is 55.6 Å². The van der Waals surface area contributed by atoms with E-state index >= 15 is 0 Å². The van der Waals surface area contributed by atoms with Crippen molar-refractivity contribution in [2.45, 2.75) is 32.7 Å². The van der Waals surface area contributed by atoms with Gasteiger partial charge in [-0.2, -0.15) is 0 Å². The number of benzene rings is 1. The van der Waals surface area contributed by atoms with Crippen LogP contribution in [0.2, 0.25) is 0 Å². The second kappa shape index (κ2) is 7.45. The summed E-state index contributed by atoms with van der Waals surface area (Å²) in [4.78, 5) is 14.4. The number of hydrogen-bond acceptors (Lipinski definition) is 3. The molecular weight excluding hydrogens is 276 g/mol. The van der Waals surface area contributed by atoms with Crippen LogP contribution in [0.3, 0.4) is 0 Å². The molecule has 2 N–H and O–H groups in total. The van der Waals surface area contributed by atoms with E-state index in [4.69, 9.17) is 10.5 Å². The summed E-state index contributed by atoms with van der Waals surface area (Å²) in [5.74, 6) is 1.31. The molecule has 2 unspecified atom stereocenters. The van der Waals surface area contributed by atoms with Crippen LogP contribution in [0.5, 0.6) is 5.75 Å². The Morgan fingerprint density at radius 1 is 1.41 bits per heavy atom. The highest BCUT2D eigenvalue weighted by molar-refractivity contribution is 5.95. The molecule has 0 bridgehead atoms. The van der Waals surface area contributed by atoms with Crippen molar-refractivity contribution < 1.29 is 9.53 Å². The molecule has 4 nitrogen and oxygen atoms in total. The lowest BCUT2D eigenvalue weighted by atomic mass is 9.92. The summed E-state index contributed by atoms with van der Waals surface area (Å²) >= 11 is 0. The van der Waals surface area contributed by atoms with Gasteiger partial charge >= 0.3 is 0 Å². The molecule has 2 atom stereocenters. The van der Waals surface area contributed by atoms with Gasteiger partial charge in [0.15, 0.2) is 0 Å². The fourth-order valence-corrected chi connectivity index (χ4v) is 2.85. The SMILES string of the molecule is COc1ccc(/C(C)=C/C(=O)N2CCCC(C(C)N)C2)cc1. The van der Waals surface area contributed by atoms with E-state index in [1.54, 1.807) is 13.2 Å². The van der Waals surface area contributed by atoms with Gasteiger partial charge in [0.05, 0.1) is 7.11 Å². The number of carbonyl (C=O) groups excluding carboxylic acids is 1. The molecule has 0 aliphatic carbocycles. The van der Waals surface area contributed by atoms with E-state index in [0.29, 0.717) is 5.92 Å². The third-order valence-corrected chi connectivity index (χ3v) is 4.40. The molecule has 1 aromatic rings. The van der Waals surface area contributed by atoms with Gasteiger partial charge < -0.3 is 15.4 Å². The molecule has 4 heteroatoms. The van der Waals surface area contributed by atoms with Gasteiger partial charge in [0.25, 0.3) is 0 Å². The highest BCUT2D eigenvalue weighted by atomic mass is 16.5. The van der Waals surface area contributed by atoms with Crippen molar-refractivity contribution in [1.29, 1.82) is 0 Å².